The molecular formula is C19H12ClFN2O3S. The number of halogens is 2. The van der Waals surface area contributed by atoms with Crippen LogP contribution in [0.1, 0.15) is 25.8 Å². The quantitative estimate of drug-likeness (QED) is 0.472. The Labute approximate surface area is 161 Å². The maximum Gasteiger partial charge on any atom is 0.305 e. The van der Waals surface area contributed by atoms with Crippen molar-refractivity contribution in [3.8, 4) is 0 Å². The highest BCUT2D eigenvalue weighted by molar-refractivity contribution is 7.21. The van der Waals surface area contributed by atoms with Crippen LogP contribution in [0.4, 0.5) is 4.39 Å². The first kappa shape index (κ1) is 17.5. The number of hydrogen-bond donors (Lipinski definition) is 2. The van der Waals surface area contributed by atoms with Gasteiger partial charge in [-0.3, -0.25) is 20.4 Å². The molecular weight excluding hydrogens is 391 g/mol. The first-order chi connectivity index (χ1) is 13.0. The fourth-order valence-corrected chi connectivity index (χ4v) is 4.24. The molecule has 2 amide bonds. The van der Waals surface area contributed by atoms with Crippen LogP contribution in [0.2, 0.25) is 5.02 Å². The molecule has 2 aromatic heterocycles. The average molecular weight is 403 g/mol. The molecule has 0 bridgehead atoms. The van der Waals surface area contributed by atoms with Crippen molar-refractivity contribution in [2.75, 3.05) is 0 Å². The van der Waals surface area contributed by atoms with Gasteiger partial charge in [0.1, 0.15) is 16.3 Å². The molecule has 5 nitrogen and oxygen atoms in total. The second-order valence-corrected chi connectivity index (χ2v) is 7.28. The minimum atomic E-state index is -0.594. The van der Waals surface area contributed by atoms with E-state index in [1.54, 1.807) is 19.1 Å². The van der Waals surface area contributed by atoms with Crippen LogP contribution in [0.3, 0.4) is 0 Å². The molecule has 0 spiro atoms. The van der Waals surface area contributed by atoms with Gasteiger partial charge < -0.3 is 4.42 Å². The van der Waals surface area contributed by atoms with Crippen molar-refractivity contribution in [3.05, 3.63) is 69.5 Å². The summed E-state index contributed by atoms with van der Waals surface area (Å²) in [6.07, 6.45) is 0. The van der Waals surface area contributed by atoms with E-state index in [-0.39, 0.29) is 15.7 Å². The Morgan fingerprint density at radius 1 is 1.07 bits per heavy atom. The van der Waals surface area contributed by atoms with Gasteiger partial charge in [0.2, 0.25) is 0 Å². The van der Waals surface area contributed by atoms with Crippen LogP contribution in [0.15, 0.2) is 46.9 Å². The second-order valence-electron chi connectivity index (χ2n) is 5.85. The molecule has 0 aliphatic rings. The highest BCUT2D eigenvalue weighted by Gasteiger charge is 2.21. The SMILES string of the molecule is Cc1c(C(=O)NNC(=O)c2sc3cc(F)ccc3c2Cl)oc2ccccc12. The average Bonchev–Trinajstić information content (AvgIpc) is 3.17. The summed E-state index contributed by atoms with van der Waals surface area (Å²) in [5, 5.41) is 1.61. The lowest BCUT2D eigenvalue weighted by Gasteiger charge is -2.05. The number of aryl methyl sites for hydroxylation is 1. The van der Waals surface area contributed by atoms with Gasteiger partial charge in [0.15, 0.2) is 5.76 Å². The Kier molecular flexibility index (Phi) is 4.33. The number of nitrogens with one attached hydrogen (secondary N) is 2. The Morgan fingerprint density at radius 2 is 1.81 bits per heavy atom. The summed E-state index contributed by atoms with van der Waals surface area (Å²) in [6, 6.07) is 11.3. The second kappa shape index (κ2) is 6.68. The van der Waals surface area contributed by atoms with Crippen LogP contribution < -0.4 is 10.9 Å². The molecule has 4 aromatic rings. The van der Waals surface area contributed by atoms with Crippen molar-refractivity contribution in [2.24, 2.45) is 0 Å². The Hall–Kier alpha value is -2.90. The lowest BCUT2D eigenvalue weighted by molar-refractivity contribution is 0.0833. The standard InChI is InChI=1S/C19H12ClFN2O3S/c1-9-11-4-2-3-5-13(11)26-16(9)18(24)22-23-19(25)17-15(20)12-7-6-10(21)8-14(12)27-17/h2-8H,1H3,(H,22,24)(H,23,25). The number of hydrazine groups is 1. The summed E-state index contributed by atoms with van der Waals surface area (Å²) >= 11 is 7.25. The van der Waals surface area contributed by atoms with Crippen molar-refractivity contribution in [1.29, 1.82) is 0 Å². The largest absolute Gasteiger partial charge is 0.451 e. The zero-order valence-electron chi connectivity index (χ0n) is 13.9. The van der Waals surface area contributed by atoms with Gasteiger partial charge in [0.25, 0.3) is 5.91 Å². The molecule has 0 saturated heterocycles. The third-order valence-corrected chi connectivity index (χ3v) is 5.79. The molecule has 2 N–H and O–H groups in total. The molecule has 0 aliphatic carbocycles. The van der Waals surface area contributed by atoms with Crippen LogP contribution in [0, 0.1) is 12.7 Å². The van der Waals surface area contributed by atoms with Gasteiger partial charge in [0, 0.05) is 21.0 Å². The van der Waals surface area contributed by atoms with E-state index >= 15 is 0 Å². The van der Waals surface area contributed by atoms with Crippen molar-refractivity contribution >= 4 is 55.8 Å². The number of carbonyl (C=O) groups excluding carboxylic acids is 2. The molecule has 0 aliphatic heterocycles. The molecule has 8 heteroatoms. The number of benzene rings is 2. The summed E-state index contributed by atoms with van der Waals surface area (Å²) in [5.41, 5.74) is 5.90. The summed E-state index contributed by atoms with van der Waals surface area (Å²) in [6.45, 7) is 1.76. The number of furan rings is 1. The van der Waals surface area contributed by atoms with E-state index in [0.29, 0.717) is 21.2 Å². The van der Waals surface area contributed by atoms with Crippen LogP contribution in [-0.2, 0) is 0 Å². The number of para-hydroxylation sites is 1. The van der Waals surface area contributed by atoms with E-state index in [4.69, 9.17) is 16.0 Å². The number of carbonyl (C=O) groups is 2. The predicted octanol–water partition coefficient (Wildman–Crippen LogP) is 4.82. The topological polar surface area (TPSA) is 71.3 Å². The summed E-state index contributed by atoms with van der Waals surface area (Å²) < 4.78 is 19.4. The molecule has 0 unspecified atom stereocenters. The van der Waals surface area contributed by atoms with Gasteiger partial charge in [-0.1, -0.05) is 29.8 Å². The zero-order valence-corrected chi connectivity index (χ0v) is 15.5. The van der Waals surface area contributed by atoms with E-state index in [1.807, 2.05) is 12.1 Å². The van der Waals surface area contributed by atoms with E-state index in [1.165, 1.54) is 18.2 Å². The van der Waals surface area contributed by atoms with Crippen LogP contribution >= 0.6 is 22.9 Å². The lowest BCUT2D eigenvalue weighted by Crippen LogP contribution is -2.41. The van der Waals surface area contributed by atoms with E-state index in [9.17, 15) is 14.0 Å². The Morgan fingerprint density at radius 3 is 2.59 bits per heavy atom. The van der Waals surface area contributed by atoms with Gasteiger partial charge in [0.05, 0.1) is 5.02 Å². The smallest absolute Gasteiger partial charge is 0.305 e. The number of rotatable bonds is 2. The van der Waals surface area contributed by atoms with Gasteiger partial charge in [-0.15, -0.1) is 11.3 Å². The van der Waals surface area contributed by atoms with Crippen LogP contribution in [-0.4, -0.2) is 11.8 Å². The van der Waals surface area contributed by atoms with Gasteiger partial charge in [-0.05, 0) is 31.2 Å². The van der Waals surface area contributed by atoms with Gasteiger partial charge >= 0.3 is 5.91 Å². The van der Waals surface area contributed by atoms with Gasteiger partial charge in [-0.2, -0.15) is 0 Å². The monoisotopic (exact) mass is 402 g/mol. The predicted molar refractivity (Wildman–Crippen MR) is 103 cm³/mol. The van der Waals surface area contributed by atoms with Crippen molar-refractivity contribution < 1.29 is 18.4 Å². The van der Waals surface area contributed by atoms with Crippen LogP contribution in [0.5, 0.6) is 0 Å². The summed E-state index contributed by atoms with van der Waals surface area (Å²) in [7, 11) is 0. The first-order valence-corrected chi connectivity index (χ1v) is 9.11. The first-order valence-electron chi connectivity index (χ1n) is 7.92. The Balaban J connectivity index is 1.54. The molecule has 136 valence electrons. The maximum absolute atomic E-state index is 13.3. The third-order valence-electron chi connectivity index (χ3n) is 4.14. The van der Waals surface area contributed by atoms with Crippen molar-refractivity contribution in [2.45, 2.75) is 6.92 Å². The molecule has 2 heterocycles. The van der Waals surface area contributed by atoms with Crippen LogP contribution in [0.25, 0.3) is 21.1 Å². The summed E-state index contributed by atoms with van der Waals surface area (Å²) in [4.78, 5) is 24.9. The number of thiophene rings is 1. The van der Waals surface area contributed by atoms with Gasteiger partial charge in [-0.25, -0.2) is 4.39 Å². The molecule has 27 heavy (non-hydrogen) atoms. The molecule has 0 atom stereocenters. The molecule has 0 radical (unpaired) electrons. The van der Waals surface area contributed by atoms with E-state index < -0.39 is 17.6 Å². The molecule has 4 rings (SSSR count). The molecule has 2 aromatic carbocycles. The Bertz CT molecular complexity index is 1210. The van der Waals surface area contributed by atoms with E-state index in [2.05, 4.69) is 10.9 Å². The third kappa shape index (κ3) is 3.05. The number of amides is 2. The molecule has 0 fully saturated rings. The van der Waals surface area contributed by atoms with Crippen molar-refractivity contribution in [1.82, 2.24) is 10.9 Å². The van der Waals surface area contributed by atoms with E-state index in [0.717, 1.165) is 16.7 Å². The fraction of sp³-hybridized carbons (Fsp3) is 0.0526. The highest BCUT2D eigenvalue weighted by Crippen LogP contribution is 2.35. The maximum atomic E-state index is 13.3. The highest BCUT2D eigenvalue weighted by atomic mass is 35.5. The summed E-state index contributed by atoms with van der Waals surface area (Å²) in [5.74, 6) is -1.48. The minimum absolute atomic E-state index is 0.112. The van der Waals surface area contributed by atoms with Crippen molar-refractivity contribution in [3.63, 3.8) is 0 Å². The molecule has 0 saturated carbocycles. The lowest BCUT2D eigenvalue weighted by atomic mass is 10.1. The number of fused-ring (bicyclic) bond motifs is 2. The number of hydrogen-bond acceptors (Lipinski definition) is 4. The normalized spacial score (nSPS) is 11.1. The fourth-order valence-electron chi connectivity index (χ4n) is 2.80. The minimum Gasteiger partial charge on any atom is -0.451 e. The zero-order chi connectivity index (χ0) is 19.1.